The maximum atomic E-state index is 14.9. The SMILES string of the molecule is CNCC(CC1CCC(F)(F)CC1)NC(=O)N1CCC[C@@H]([C@@](O)(CCCCOC)c2cc(F)cc(F)c2F)C1. The third-order valence-corrected chi connectivity index (χ3v) is 8.23. The van der Waals surface area contributed by atoms with Crippen LogP contribution in [0.1, 0.15) is 69.8 Å². The van der Waals surface area contributed by atoms with Crippen LogP contribution in [0.5, 0.6) is 0 Å². The number of nitrogens with zero attached hydrogens (tertiary/aromatic N) is 1. The molecule has 39 heavy (non-hydrogen) atoms. The van der Waals surface area contributed by atoms with Crippen LogP contribution in [-0.4, -0.2) is 68.4 Å². The van der Waals surface area contributed by atoms with E-state index in [0.29, 0.717) is 70.7 Å². The van der Waals surface area contributed by atoms with Gasteiger partial charge in [0.15, 0.2) is 11.6 Å². The molecular formula is C28H42F5N3O3. The van der Waals surface area contributed by atoms with Crippen molar-refractivity contribution in [3.63, 3.8) is 0 Å². The van der Waals surface area contributed by atoms with Gasteiger partial charge in [-0.05, 0) is 70.4 Å². The predicted molar refractivity (Wildman–Crippen MR) is 138 cm³/mol. The smallest absolute Gasteiger partial charge is 0.317 e. The summed E-state index contributed by atoms with van der Waals surface area (Å²) in [6.45, 7) is 1.37. The number of likely N-dealkylation sites (tertiary alicyclic amines) is 1. The Morgan fingerprint density at radius 2 is 1.92 bits per heavy atom. The minimum Gasteiger partial charge on any atom is -0.385 e. The number of nitrogens with one attached hydrogen (secondary N) is 2. The van der Waals surface area contributed by atoms with Gasteiger partial charge in [-0.1, -0.05) is 0 Å². The summed E-state index contributed by atoms with van der Waals surface area (Å²) < 4.78 is 75.4. The summed E-state index contributed by atoms with van der Waals surface area (Å²) in [5, 5.41) is 17.9. The number of benzene rings is 1. The second-order valence-electron chi connectivity index (χ2n) is 11.1. The van der Waals surface area contributed by atoms with Gasteiger partial charge in [0.25, 0.3) is 0 Å². The van der Waals surface area contributed by atoms with Gasteiger partial charge in [0.2, 0.25) is 5.92 Å². The average Bonchev–Trinajstić information content (AvgIpc) is 2.90. The number of carbonyl (C=O) groups is 1. The predicted octanol–water partition coefficient (Wildman–Crippen LogP) is 5.33. The number of ether oxygens (including phenoxy) is 1. The molecular weight excluding hydrogens is 521 g/mol. The number of halogens is 5. The van der Waals surface area contributed by atoms with Crippen LogP contribution in [0.4, 0.5) is 26.7 Å². The third kappa shape index (κ3) is 8.50. The van der Waals surface area contributed by atoms with Crippen LogP contribution in [0.2, 0.25) is 0 Å². The molecule has 3 atom stereocenters. The van der Waals surface area contributed by atoms with Gasteiger partial charge in [0.05, 0.1) is 5.60 Å². The quantitative estimate of drug-likeness (QED) is 0.183. The first kappa shape index (κ1) is 31.5. The van der Waals surface area contributed by atoms with E-state index in [1.165, 1.54) is 7.11 Å². The number of aliphatic hydroxyl groups is 1. The molecule has 2 amide bonds. The minimum absolute atomic E-state index is 0.0466. The van der Waals surface area contributed by atoms with Gasteiger partial charge in [-0.15, -0.1) is 0 Å². The number of likely N-dealkylation sites (N-methyl/N-ethyl adjacent to an activating group) is 1. The average molecular weight is 564 g/mol. The lowest BCUT2D eigenvalue weighted by molar-refractivity contribution is -0.0596. The molecule has 0 radical (unpaired) electrons. The lowest BCUT2D eigenvalue weighted by atomic mass is 9.74. The third-order valence-electron chi connectivity index (χ3n) is 8.23. The van der Waals surface area contributed by atoms with Crippen LogP contribution in [0.25, 0.3) is 0 Å². The molecule has 11 heteroatoms. The number of carbonyl (C=O) groups excluding carboxylic acids is 1. The second-order valence-corrected chi connectivity index (χ2v) is 11.1. The highest BCUT2D eigenvalue weighted by Crippen LogP contribution is 2.42. The molecule has 2 fully saturated rings. The van der Waals surface area contributed by atoms with Gasteiger partial charge >= 0.3 is 6.03 Å². The summed E-state index contributed by atoms with van der Waals surface area (Å²) in [6, 6.07) is 0.640. The number of hydrogen-bond acceptors (Lipinski definition) is 4. The number of unbranched alkanes of at least 4 members (excludes halogenated alkanes) is 1. The van der Waals surface area contributed by atoms with Crippen molar-refractivity contribution in [3.05, 3.63) is 35.1 Å². The largest absolute Gasteiger partial charge is 0.385 e. The molecule has 1 heterocycles. The Labute approximate surface area is 227 Å². The molecule has 1 aromatic rings. The van der Waals surface area contributed by atoms with Gasteiger partial charge in [-0.3, -0.25) is 0 Å². The molecule has 0 aromatic heterocycles. The Morgan fingerprint density at radius 3 is 2.59 bits per heavy atom. The molecule has 1 saturated heterocycles. The molecule has 3 N–H and O–H groups in total. The molecule has 1 aliphatic heterocycles. The van der Waals surface area contributed by atoms with Gasteiger partial charge in [0, 0.05) is 69.8 Å². The van der Waals surface area contributed by atoms with E-state index in [4.69, 9.17) is 4.74 Å². The normalized spacial score (nSPS) is 22.4. The number of hydrogen-bond donors (Lipinski definition) is 3. The summed E-state index contributed by atoms with van der Waals surface area (Å²) in [7, 11) is 3.29. The lowest BCUT2D eigenvalue weighted by Gasteiger charge is -2.43. The van der Waals surface area contributed by atoms with Crippen molar-refractivity contribution in [2.45, 2.75) is 81.8 Å². The molecule has 2 aliphatic rings. The Kier molecular flexibility index (Phi) is 11.4. The first-order chi connectivity index (χ1) is 18.5. The highest BCUT2D eigenvalue weighted by molar-refractivity contribution is 5.74. The van der Waals surface area contributed by atoms with Crippen LogP contribution in [0.3, 0.4) is 0 Å². The fourth-order valence-corrected chi connectivity index (χ4v) is 6.07. The van der Waals surface area contributed by atoms with Gasteiger partial charge in [0.1, 0.15) is 5.82 Å². The summed E-state index contributed by atoms with van der Waals surface area (Å²) >= 11 is 0. The van der Waals surface area contributed by atoms with Crippen molar-refractivity contribution in [3.8, 4) is 0 Å². The monoisotopic (exact) mass is 563 g/mol. The number of alkyl halides is 2. The molecule has 6 nitrogen and oxygen atoms in total. The fraction of sp³-hybridized carbons (Fsp3) is 0.750. The van der Waals surface area contributed by atoms with Crippen molar-refractivity contribution in [2.24, 2.45) is 11.8 Å². The topological polar surface area (TPSA) is 73.8 Å². The molecule has 1 aliphatic carbocycles. The van der Waals surface area contributed by atoms with E-state index in [1.54, 1.807) is 11.9 Å². The highest BCUT2D eigenvalue weighted by atomic mass is 19.3. The zero-order valence-electron chi connectivity index (χ0n) is 22.9. The number of piperidine rings is 1. The van der Waals surface area contributed by atoms with Crippen LogP contribution >= 0.6 is 0 Å². The Hall–Kier alpha value is -1.98. The van der Waals surface area contributed by atoms with Crippen molar-refractivity contribution in [1.82, 2.24) is 15.5 Å². The van der Waals surface area contributed by atoms with Gasteiger partial charge in [-0.2, -0.15) is 0 Å². The number of amides is 2. The van der Waals surface area contributed by atoms with Gasteiger partial charge in [-0.25, -0.2) is 26.7 Å². The first-order valence-corrected chi connectivity index (χ1v) is 13.9. The van der Waals surface area contributed by atoms with Crippen molar-refractivity contribution in [2.75, 3.05) is 40.4 Å². The molecule has 1 saturated carbocycles. The van der Waals surface area contributed by atoms with E-state index in [0.717, 1.165) is 6.07 Å². The number of urea groups is 1. The maximum Gasteiger partial charge on any atom is 0.317 e. The van der Waals surface area contributed by atoms with Gasteiger partial charge < -0.3 is 25.4 Å². The Morgan fingerprint density at radius 1 is 1.21 bits per heavy atom. The van der Waals surface area contributed by atoms with Crippen LogP contribution in [0, 0.1) is 29.3 Å². The molecule has 0 spiro atoms. The number of rotatable bonds is 12. The first-order valence-electron chi connectivity index (χ1n) is 13.9. The van der Waals surface area contributed by atoms with E-state index >= 15 is 0 Å². The van der Waals surface area contributed by atoms with Crippen LogP contribution in [-0.2, 0) is 10.3 Å². The van der Waals surface area contributed by atoms with E-state index in [-0.39, 0.29) is 43.8 Å². The lowest BCUT2D eigenvalue weighted by Crippen LogP contribution is -2.54. The Balaban J connectivity index is 1.73. The van der Waals surface area contributed by atoms with E-state index < -0.39 is 40.5 Å². The molecule has 1 unspecified atom stereocenters. The van der Waals surface area contributed by atoms with Crippen molar-refractivity contribution >= 4 is 6.03 Å². The summed E-state index contributed by atoms with van der Waals surface area (Å²) in [5.41, 5.74) is -2.33. The zero-order valence-corrected chi connectivity index (χ0v) is 22.9. The molecule has 1 aromatic carbocycles. The van der Waals surface area contributed by atoms with E-state index in [1.807, 2.05) is 0 Å². The minimum atomic E-state index is -2.62. The van der Waals surface area contributed by atoms with E-state index in [2.05, 4.69) is 10.6 Å². The molecule has 222 valence electrons. The van der Waals surface area contributed by atoms with Crippen LogP contribution in [0.15, 0.2) is 12.1 Å². The summed E-state index contributed by atoms with van der Waals surface area (Å²) in [6.07, 6.45) is 3.08. The second kappa shape index (κ2) is 14.1. The zero-order chi connectivity index (χ0) is 28.6. The van der Waals surface area contributed by atoms with Crippen LogP contribution < -0.4 is 10.6 Å². The maximum absolute atomic E-state index is 14.9. The Bertz CT molecular complexity index is 943. The fourth-order valence-electron chi connectivity index (χ4n) is 6.07. The standard InChI is InChI=1S/C28H42F5N3O3/c1-34-17-22(14-19-7-10-27(32,33)11-8-19)35-26(37)36-12-5-6-20(18-36)28(38,9-3-4-13-39-2)23-15-21(29)16-24(30)25(23)31/h15-16,19-20,22,34,38H,3-14,17-18H2,1-2H3,(H,35,37)/t20-,22?,28+/m1/s1. The highest BCUT2D eigenvalue weighted by Gasteiger charge is 2.44. The summed E-state index contributed by atoms with van der Waals surface area (Å²) in [5.74, 6) is -6.84. The van der Waals surface area contributed by atoms with E-state index in [9.17, 15) is 31.9 Å². The summed E-state index contributed by atoms with van der Waals surface area (Å²) in [4.78, 5) is 14.8. The number of methoxy groups -OCH3 is 1. The molecule has 0 bridgehead atoms. The molecule has 3 rings (SSSR count). The van der Waals surface area contributed by atoms with Crippen molar-refractivity contribution < 1.29 is 36.6 Å². The van der Waals surface area contributed by atoms with Crippen molar-refractivity contribution in [1.29, 1.82) is 0 Å².